The molecule has 32 heavy (non-hydrogen) atoms. The summed E-state index contributed by atoms with van der Waals surface area (Å²) >= 11 is 0. The summed E-state index contributed by atoms with van der Waals surface area (Å²) in [7, 11) is 0. The van der Waals surface area contributed by atoms with Crippen molar-refractivity contribution >= 4 is 17.6 Å². The summed E-state index contributed by atoms with van der Waals surface area (Å²) in [5.41, 5.74) is 2.37. The molecule has 5 nitrogen and oxygen atoms in total. The van der Waals surface area contributed by atoms with Gasteiger partial charge >= 0.3 is 6.03 Å². The lowest BCUT2D eigenvalue weighted by molar-refractivity contribution is 0.213. The van der Waals surface area contributed by atoms with E-state index in [2.05, 4.69) is 41.4 Å². The predicted molar refractivity (Wildman–Crippen MR) is 134 cm³/mol. The van der Waals surface area contributed by atoms with E-state index >= 15 is 0 Å². The van der Waals surface area contributed by atoms with Crippen LogP contribution < -0.4 is 10.2 Å². The molecule has 1 N–H and O–H groups in total. The third-order valence-electron chi connectivity index (χ3n) is 7.54. The van der Waals surface area contributed by atoms with E-state index < -0.39 is 0 Å². The Morgan fingerprint density at radius 3 is 2.31 bits per heavy atom. The molecule has 1 aliphatic carbocycles. The average Bonchev–Trinajstić information content (AvgIpc) is 2.84. The van der Waals surface area contributed by atoms with Gasteiger partial charge in [-0.2, -0.15) is 0 Å². The number of benzene rings is 1. The highest BCUT2D eigenvalue weighted by Crippen LogP contribution is 2.23. The van der Waals surface area contributed by atoms with E-state index in [4.69, 9.17) is 4.99 Å². The summed E-state index contributed by atoms with van der Waals surface area (Å²) < 4.78 is 0. The minimum atomic E-state index is -0.0255. The second kappa shape index (κ2) is 11.8. The van der Waals surface area contributed by atoms with Gasteiger partial charge in [0.1, 0.15) is 5.84 Å². The van der Waals surface area contributed by atoms with Crippen LogP contribution in [0.4, 0.5) is 10.5 Å². The number of fused-ring (bicyclic) bond motifs is 9. The van der Waals surface area contributed by atoms with Gasteiger partial charge in [-0.05, 0) is 63.3 Å². The molecular weight excluding hydrogens is 396 g/mol. The molecule has 2 fully saturated rings. The van der Waals surface area contributed by atoms with Crippen LogP contribution >= 0.6 is 0 Å². The number of anilines is 1. The molecule has 2 atom stereocenters. The van der Waals surface area contributed by atoms with Gasteiger partial charge in [-0.3, -0.25) is 20.1 Å². The van der Waals surface area contributed by atoms with Gasteiger partial charge in [0.15, 0.2) is 0 Å². The van der Waals surface area contributed by atoms with Crippen LogP contribution in [0.3, 0.4) is 0 Å². The first-order valence-corrected chi connectivity index (χ1v) is 13.2. The van der Waals surface area contributed by atoms with Crippen LogP contribution in [0.15, 0.2) is 29.3 Å². The topological polar surface area (TPSA) is 47.9 Å². The second-order valence-electron chi connectivity index (χ2n) is 10.1. The van der Waals surface area contributed by atoms with E-state index in [9.17, 15) is 4.79 Å². The zero-order chi connectivity index (χ0) is 22.2. The Morgan fingerprint density at radius 1 is 0.844 bits per heavy atom. The number of amides is 2. The fourth-order valence-corrected chi connectivity index (χ4v) is 5.49. The minimum absolute atomic E-state index is 0.0255. The van der Waals surface area contributed by atoms with Crippen molar-refractivity contribution in [3.05, 3.63) is 29.8 Å². The number of nitrogens with one attached hydrogen (secondary N) is 1. The molecule has 2 amide bonds. The molecule has 5 rings (SSSR count). The lowest BCUT2D eigenvalue weighted by atomic mass is 9.96. The molecule has 3 aliphatic heterocycles. The molecule has 1 aromatic carbocycles. The van der Waals surface area contributed by atoms with E-state index in [1.807, 2.05) is 4.90 Å². The first kappa shape index (κ1) is 23.3. The summed E-state index contributed by atoms with van der Waals surface area (Å²) in [6, 6.07) is 9.40. The van der Waals surface area contributed by atoms with Crippen LogP contribution in [0.2, 0.25) is 0 Å². The quantitative estimate of drug-likeness (QED) is 0.591. The molecule has 1 saturated carbocycles. The Hall–Kier alpha value is -1.88. The third-order valence-corrected chi connectivity index (χ3v) is 7.54. The van der Waals surface area contributed by atoms with Crippen molar-refractivity contribution < 1.29 is 4.79 Å². The van der Waals surface area contributed by atoms with Crippen LogP contribution in [0, 0.1) is 0 Å². The molecule has 3 heterocycles. The fraction of sp³-hybridized carbons (Fsp3) is 0.704. The van der Waals surface area contributed by atoms with Crippen LogP contribution in [0.25, 0.3) is 0 Å². The van der Waals surface area contributed by atoms with Crippen molar-refractivity contribution in [3.63, 3.8) is 0 Å². The van der Waals surface area contributed by atoms with E-state index in [-0.39, 0.29) is 6.03 Å². The number of rotatable bonds is 1. The first-order valence-electron chi connectivity index (χ1n) is 13.2. The molecule has 0 radical (unpaired) electrons. The Kier molecular flexibility index (Phi) is 8.61. The second-order valence-corrected chi connectivity index (χ2v) is 10.1. The van der Waals surface area contributed by atoms with Gasteiger partial charge in [0.2, 0.25) is 0 Å². The summed E-state index contributed by atoms with van der Waals surface area (Å²) in [6.07, 6.45) is 15.9. The van der Waals surface area contributed by atoms with Gasteiger partial charge in [-0.15, -0.1) is 0 Å². The number of carbonyl (C=O) groups is 1. The van der Waals surface area contributed by atoms with E-state index in [1.54, 1.807) is 0 Å². The maximum Gasteiger partial charge on any atom is 0.327 e. The third kappa shape index (κ3) is 6.57. The lowest BCUT2D eigenvalue weighted by Crippen LogP contribution is -2.44. The molecule has 4 bridgehead atoms. The van der Waals surface area contributed by atoms with Gasteiger partial charge in [0.25, 0.3) is 0 Å². The summed E-state index contributed by atoms with van der Waals surface area (Å²) in [6.45, 7) is 5.05. The molecule has 4 aliphatic rings. The van der Waals surface area contributed by atoms with Crippen molar-refractivity contribution in [1.29, 1.82) is 0 Å². The Balaban J connectivity index is 1.59. The molecule has 176 valence electrons. The van der Waals surface area contributed by atoms with Crippen molar-refractivity contribution in [2.24, 2.45) is 4.99 Å². The summed E-state index contributed by atoms with van der Waals surface area (Å²) in [5.74, 6) is 0.890. The highest BCUT2D eigenvalue weighted by molar-refractivity contribution is 6.04. The van der Waals surface area contributed by atoms with Crippen LogP contribution in [0.1, 0.15) is 89.5 Å². The van der Waals surface area contributed by atoms with Gasteiger partial charge in [-0.1, -0.05) is 57.1 Å². The SMILES string of the molecule is C[C@H]1CC(=NC2CCCCC2)NC(=O)N2CCN1CCCCCCCCc1ccc2cc1. The lowest BCUT2D eigenvalue weighted by Gasteiger charge is -2.30. The molecule has 5 heteroatoms. The van der Waals surface area contributed by atoms with E-state index in [1.165, 1.54) is 63.4 Å². The number of amidine groups is 1. The van der Waals surface area contributed by atoms with E-state index in [0.717, 1.165) is 50.3 Å². The monoisotopic (exact) mass is 438 g/mol. The summed E-state index contributed by atoms with van der Waals surface area (Å²) in [5, 5.41) is 3.23. The molecule has 1 saturated heterocycles. The number of nitrogens with zero attached hydrogens (tertiary/aromatic N) is 3. The van der Waals surface area contributed by atoms with Crippen molar-refractivity contribution in [2.45, 2.75) is 102 Å². The number of aryl methyl sites for hydroxylation is 1. The normalized spacial score (nSPS) is 28.2. The van der Waals surface area contributed by atoms with Crippen molar-refractivity contribution in [1.82, 2.24) is 10.2 Å². The largest absolute Gasteiger partial charge is 0.327 e. The number of hydrogen-bond acceptors (Lipinski definition) is 3. The van der Waals surface area contributed by atoms with Gasteiger partial charge in [0, 0.05) is 31.2 Å². The van der Waals surface area contributed by atoms with Crippen LogP contribution in [0.5, 0.6) is 0 Å². The number of carbonyl (C=O) groups excluding carboxylic acids is 1. The van der Waals surface area contributed by atoms with Gasteiger partial charge in [0.05, 0.1) is 6.04 Å². The average molecular weight is 439 g/mol. The van der Waals surface area contributed by atoms with Gasteiger partial charge in [-0.25, -0.2) is 4.79 Å². The fourth-order valence-electron chi connectivity index (χ4n) is 5.49. The number of urea groups is 1. The van der Waals surface area contributed by atoms with Crippen LogP contribution in [-0.2, 0) is 6.42 Å². The molecule has 0 spiro atoms. The Bertz CT molecular complexity index is 753. The van der Waals surface area contributed by atoms with Crippen LogP contribution in [-0.4, -0.2) is 48.5 Å². The number of aliphatic imine (C=N–C) groups is 1. The highest BCUT2D eigenvalue weighted by atomic mass is 16.2. The predicted octanol–water partition coefficient (Wildman–Crippen LogP) is 5.92. The number of hydrogen-bond donors (Lipinski definition) is 1. The standard InChI is InChI=1S/C27H42N4O/c1-22-21-26(28-24-12-8-6-9-13-24)29-27(32)31-20-19-30(22)18-10-5-3-2-4-7-11-23-14-16-25(31)17-15-23/h14-17,22,24H,2-13,18-21H2,1H3,(H,28,29,32)/t22-/m0/s1. The maximum atomic E-state index is 13.4. The van der Waals surface area contributed by atoms with E-state index in [0.29, 0.717) is 18.6 Å². The zero-order valence-electron chi connectivity index (χ0n) is 20.0. The first-order chi connectivity index (χ1) is 15.7. The molecular formula is C27H42N4O. The molecule has 1 unspecified atom stereocenters. The maximum absolute atomic E-state index is 13.4. The van der Waals surface area contributed by atoms with Gasteiger partial charge < -0.3 is 0 Å². The zero-order valence-corrected chi connectivity index (χ0v) is 20.0. The minimum Gasteiger partial charge on any atom is -0.298 e. The Labute approximate surface area is 194 Å². The smallest absolute Gasteiger partial charge is 0.298 e. The Morgan fingerprint density at radius 2 is 1.53 bits per heavy atom. The summed E-state index contributed by atoms with van der Waals surface area (Å²) in [4.78, 5) is 23.0. The van der Waals surface area contributed by atoms with Crippen molar-refractivity contribution in [2.75, 3.05) is 24.5 Å². The molecule has 1 aromatic rings. The molecule has 0 aromatic heterocycles. The highest BCUT2D eigenvalue weighted by Gasteiger charge is 2.26. The van der Waals surface area contributed by atoms with Crippen molar-refractivity contribution in [3.8, 4) is 0 Å².